The quantitative estimate of drug-likeness (QED) is 0.781. The molecule has 2 N–H and O–H groups in total. The second kappa shape index (κ2) is 6.19. The third-order valence-electron chi connectivity index (χ3n) is 2.19. The van der Waals surface area contributed by atoms with Gasteiger partial charge in [0.2, 0.25) is 0 Å². The molecule has 1 unspecified atom stereocenters. The summed E-state index contributed by atoms with van der Waals surface area (Å²) in [4.78, 5) is 0. The Morgan fingerprint density at radius 2 is 1.67 bits per heavy atom. The van der Waals surface area contributed by atoms with Crippen LogP contribution in [0.15, 0.2) is 12.1 Å². The zero-order chi connectivity index (χ0) is 13.9. The van der Waals surface area contributed by atoms with E-state index < -0.39 is 12.1 Å². The van der Waals surface area contributed by atoms with Crippen molar-refractivity contribution >= 4 is 40.5 Å². The van der Waals surface area contributed by atoms with E-state index in [0.29, 0.717) is 5.02 Å². The van der Waals surface area contributed by atoms with Crippen LogP contribution in [0.5, 0.6) is 0 Å². The topological polar surface area (TPSA) is 24.1 Å². The standard InChI is InChI=1S/C10H10Cl3F3N2/c1-5(10(14,15)16)4-17-18-9-7(12)2-6(11)3-8(9)13/h2-3,5,17-18H,4H2,1H3. The van der Waals surface area contributed by atoms with E-state index in [-0.39, 0.29) is 22.3 Å². The zero-order valence-corrected chi connectivity index (χ0v) is 11.5. The molecule has 1 atom stereocenters. The van der Waals surface area contributed by atoms with Crippen LogP contribution in [0.1, 0.15) is 6.92 Å². The van der Waals surface area contributed by atoms with Gasteiger partial charge in [-0.3, -0.25) is 0 Å². The zero-order valence-electron chi connectivity index (χ0n) is 9.21. The summed E-state index contributed by atoms with van der Waals surface area (Å²) in [5.41, 5.74) is 5.26. The van der Waals surface area contributed by atoms with Crippen molar-refractivity contribution in [2.75, 3.05) is 12.0 Å². The summed E-state index contributed by atoms with van der Waals surface area (Å²) in [7, 11) is 0. The number of nitrogens with one attached hydrogen (secondary N) is 2. The number of halogens is 6. The Labute approximate surface area is 117 Å². The fourth-order valence-corrected chi connectivity index (χ4v) is 1.98. The van der Waals surface area contributed by atoms with Gasteiger partial charge in [-0.15, -0.1) is 0 Å². The molecule has 1 aromatic carbocycles. The first kappa shape index (κ1) is 15.7. The monoisotopic (exact) mass is 320 g/mol. The van der Waals surface area contributed by atoms with Gasteiger partial charge in [-0.25, -0.2) is 5.43 Å². The van der Waals surface area contributed by atoms with E-state index in [4.69, 9.17) is 34.8 Å². The summed E-state index contributed by atoms with van der Waals surface area (Å²) >= 11 is 17.4. The fraction of sp³-hybridized carbons (Fsp3) is 0.400. The van der Waals surface area contributed by atoms with Crippen LogP contribution < -0.4 is 10.9 Å². The van der Waals surface area contributed by atoms with Crippen LogP contribution in [0.25, 0.3) is 0 Å². The van der Waals surface area contributed by atoms with E-state index >= 15 is 0 Å². The van der Waals surface area contributed by atoms with E-state index in [1.54, 1.807) is 0 Å². The van der Waals surface area contributed by atoms with Crippen molar-refractivity contribution < 1.29 is 13.2 Å². The molecular weight excluding hydrogens is 311 g/mol. The molecule has 0 aliphatic heterocycles. The van der Waals surface area contributed by atoms with Crippen molar-refractivity contribution in [3.8, 4) is 0 Å². The van der Waals surface area contributed by atoms with Gasteiger partial charge in [0.15, 0.2) is 0 Å². The molecule has 0 heterocycles. The molecular formula is C10H10Cl3F3N2. The highest BCUT2D eigenvalue weighted by Gasteiger charge is 2.35. The van der Waals surface area contributed by atoms with Gasteiger partial charge in [0.25, 0.3) is 0 Å². The highest BCUT2D eigenvalue weighted by Crippen LogP contribution is 2.33. The molecule has 0 aromatic heterocycles. The summed E-state index contributed by atoms with van der Waals surface area (Å²) in [6, 6.07) is 2.87. The van der Waals surface area contributed by atoms with E-state index in [9.17, 15) is 13.2 Å². The number of hydrogen-bond donors (Lipinski definition) is 2. The molecule has 18 heavy (non-hydrogen) atoms. The molecule has 0 radical (unpaired) electrons. The Hall–Kier alpha value is -0.360. The Balaban J connectivity index is 2.60. The van der Waals surface area contributed by atoms with Crippen LogP contribution in [0.4, 0.5) is 18.9 Å². The average Bonchev–Trinajstić information content (AvgIpc) is 2.19. The summed E-state index contributed by atoms with van der Waals surface area (Å²) in [6.07, 6.45) is -4.25. The lowest BCUT2D eigenvalue weighted by molar-refractivity contribution is -0.167. The number of anilines is 1. The van der Waals surface area contributed by atoms with E-state index in [0.717, 1.165) is 6.92 Å². The Bertz CT molecular complexity index is 400. The number of rotatable bonds is 4. The smallest absolute Gasteiger partial charge is 0.319 e. The summed E-state index contributed by atoms with van der Waals surface area (Å²) in [5, 5.41) is 0.790. The molecule has 102 valence electrons. The van der Waals surface area contributed by atoms with Crippen molar-refractivity contribution in [3.05, 3.63) is 27.2 Å². The Kier molecular flexibility index (Phi) is 5.40. The molecule has 0 saturated heterocycles. The maximum Gasteiger partial charge on any atom is 0.392 e. The minimum Gasteiger partial charge on any atom is -0.319 e. The minimum absolute atomic E-state index is 0.222. The van der Waals surface area contributed by atoms with Gasteiger partial charge in [0.1, 0.15) is 0 Å². The fourth-order valence-electron chi connectivity index (χ4n) is 1.07. The summed E-state index contributed by atoms with van der Waals surface area (Å²) < 4.78 is 36.7. The highest BCUT2D eigenvalue weighted by molar-refractivity contribution is 6.41. The molecule has 0 aliphatic rings. The summed E-state index contributed by atoms with van der Waals surface area (Å²) in [6.45, 7) is 0.762. The third-order valence-corrected chi connectivity index (χ3v) is 3.00. The minimum atomic E-state index is -4.25. The van der Waals surface area contributed by atoms with Crippen molar-refractivity contribution in [3.63, 3.8) is 0 Å². The SMILES string of the molecule is CC(CNNc1c(Cl)cc(Cl)cc1Cl)C(F)(F)F. The van der Waals surface area contributed by atoms with Gasteiger partial charge >= 0.3 is 6.18 Å². The highest BCUT2D eigenvalue weighted by atomic mass is 35.5. The molecule has 0 saturated carbocycles. The van der Waals surface area contributed by atoms with Gasteiger partial charge in [-0.2, -0.15) is 13.2 Å². The van der Waals surface area contributed by atoms with Crippen molar-refractivity contribution in [1.29, 1.82) is 0 Å². The molecule has 2 nitrogen and oxygen atoms in total. The lowest BCUT2D eigenvalue weighted by Gasteiger charge is -2.18. The van der Waals surface area contributed by atoms with Crippen LogP contribution >= 0.6 is 34.8 Å². The first-order valence-electron chi connectivity index (χ1n) is 4.92. The van der Waals surface area contributed by atoms with Gasteiger partial charge in [-0.1, -0.05) is 41.7 Å². The second-order valence-corrected chi connectivity index (χ2v) is 4.94. The molecule has 0 fully saturated rings. The molecule has 1 aromatic rings. The largest absolute Gasteiger partial charge is 0.392 e. The maximum atomic E-state index is 12.2. The van der Waals surface area contributed by atoms with Crippen LogP contribution in [-0.4, -0.2) is 12.7 Å². The normalized spacial score (nSPS) is 13.5. The van der Waals surface area contributed by atoms with E-state index in [1.807, 2.05) is 0 Å². The number of hydrogen-bond acceptors (Lipinski definition) is 2. The Morgan fingerprint density at radius 3 is 2.11 bits per heavy atom. The number of alkyl halides is 3. The molecule has 0 aliphatic carbocycles. The third kappa shape index (κ3) is 4.39. The first-order chi connectivity index (χ1) is 8.21. The first-order valence-corrected chi connectivity index (χ1v) is 6.05. The van der Waals surface area contributed by atoms with Crippen LogP contribution in [0, 0.1) is 5.92 Å². The van der Waals surface area contributed by atoms with Gasteiger partial charge in [-0.05, 0) is 12.1 Å². The van der Waals surface area contributed by atoms with Gasteiger partial charge in [0, 0.05) is 11.6 Å². The number of hydrazine groups is 1. The molecule has 1 rings (SSSR count). The van der Waals surface area contributed by atoms with Crippen molar-refractivity contribution in [1.82, 2.24) is 5.43 Å². The second-order valence-electron chi connectivity index (χ2n) is 3.69. The van der Waals surface area contributed by atoms with E-state index in [2.05, 4.69) is 10.9 Å². The molecule has 0 spiro atoms. The van der Waals surface area contributed by atoms with E-state index in [1.165, 1.54) is 12.1 Å². The Morgan fingerprint density at radius 1 is 1.17 bits per heavy atom. The van der Waals surface area contributed by atoms with Crippen LogP contribution in [0.2, 0.25) is 15.1 Å². The number of benzene rings is 1. The van der Waals surface area contributed by atoms with Gasteiger partial charge < -0.3 is 5.43 Å². The predicted octanol–water partition coefficient (Wildman–Crippen LogP) is 4.76. The van der Waals surface area contributed by atoms with Crippen LogP contribution in [0.3, 0.4) is 0 Å². The van der Waals surface area contributed by atoms with Crippen molar-refractivity contribution in [2.24, 2.45) is 5.92 Å². The molecule has 8 heteroatoms. The van der Waals surface area contributed by atoms with Gasteiger partial charge in [0.05, 0.1) is 21.7 Å². The molecule has 0 bridgehead atoms. The lowest BCUT2D eigenvalue weighted by atomic mass is 10.2. The maximum absolute atomic E-state index is 12.2. The van der Waals surface area contributed by atoms with Crippen LogP contribution in [-0.2, 0) is 0 Å². The predicted molar refractivity (Wildman–Crippen MR) is 68.3 cm³/mol. The van der Waals surface area contributed by atoms with Crippen molar-refractivity contribution in [2.45, 2.75) is 13.1 Å². The average molecular weight is 322 g/mol. The lowest BCUT2D eigenvalue weighted by Crippen LogP contribution is -2.34. The molecule has 0 amide bonds. The summed E-state index contributed by atoms with van der Waals surface area (Å²) in [5.74, 6) is -1.49.